The van der Waals surface area contributed by atoms with Gasteiger partial charge in [0.05, 0.1) is 5.41 Å². The number of piperidine rings is 1. The molecule has 3 amide bonds. The monoisotopic (exact) mass is 416 g/mol. The number of hydrogen-bond donors (Lipinski definition) is 0. The van der Waals surface area contributed by atoms with Crippen LogP contribution in [0.25, 0.3) is 0 Å². The van der Waals surface area contributed by atoms with E-state index >= 15 is 0 Å². The second kappa shape index (κ2) is 8.66. The summed E-state index contributed by atoms with van der Waals surface area (Å²) in [7, 11) is 1.39. The maximum absolute atomic E-state index is 13.9. The van der Waals surface area contributed by atoms with Gasteiger partial charge >= 0.3 is 0 Å². The predicted octanol–water partition coefficient (Wildman–Crippen LogP) is 2.70. The van der Waals surface area contributed by atoms with Gasteiger partial charge < -0.3 is 4.90 Å². The minimum absolute atomic E-state index is 0.161. The predicted molar refractivity (Wildman–Crippen MR) is 109 cm³/mol. The molecule has 2 heterocycles. The molecule has 6 nitrogen and oxygen atoms in total. The molecule has 2 saturated heterocycles. The minimum Gasteiger partial charge on any atom is -0.342 e. The van der Waals surface area contributed by atoms with E-state index in [1.807, 2.05) is 13.8 Å². The summed E-state index contributed by atoms with van der Waals surface area (Å²) < 4.78 is 13.9. The van der Waals surface area contributed by atoms with E-state index in [1.54, 1.807) is 11.0 Å². The first-order valence-electron chi connectivity index (χ1n) is 10.5. The Morgan fingerprint density at radius 1 is 1.27 bits per heavy atom. The molecule has 0 aliphatic carbocycles. The van der Waals surface area contributed by atoms with Gasteiger partial charge in [-0.2, -0.15) is 0 Å². The van der Waals surface area contributed by atoms with Gasteiger partial charge in [0.2, 0.25) is 17.7 Å². The van der Waals surface area contributed by atoms with Crippen LogP contribution in [0, 0.1) is 17.7 Å². The highest BCUT2D eigenvalue weighted by Gasteiger charge is 2.53. The van der Waals surface area contributed by atoms with Crippen molar-refractivity contribution in [3.05, 3.63) is 35.6 Å². The zero-order valence-electron chi connectivity index (χ0n) is 17.8. The summed E-state index contributed by atoms with van der Waals surface area (Å²) in [5, 5.41) is 0. The average molecular weight is 416 g/mol. The fourth-order valence-corrected chi connectivity index (χ4v) is 4.54. The van der Waals surface area contributed by atoms with Gasteiger partial charge in [0.25, 0.3) is 0 Å². The number of amides is 3. The van der Waals surface area contributed by atoms with E-state index in [-0.39, 0.29) is 42.3 Å². The molecule has 2 aliphatic rings. The summed E-state index contributed by atoms with van der Waals surface area (Å²) in [5.74, 6) is -1.45. The molecule has 3 rings (SSSR count). The fourth-order valence-electron chi connectivity index (χ4n) is 4.54. The zero-order chi connectivity index (χ0) is 22.1. The van der Waals surface area contributed by atoms with Crippen LogP contribution in [0.2, 0.25) is 0 Å². The fraction of sp³-hybridized carbons (Fsp3) is 0.565. The molecule has 0 unspecified atom stereocenters. The summed E-state index contributed by atoms with van der Waals surface area (Å²) in [6, 6.07) is 5.56. The largest absolute Gasteiger partial charge is 0.342 e. The maximum Gasteiger partial charge on any atom is 0.240 e. The van der Waals surface area contributed by atoms with Crippen molar-refractivity contribution in [2.24, 2.45) is 11.8 Å². The van der Waals surface area contributed by atoms with E-state index in [9.17, 15) is 23.6 Å². The van der Waals surface area contributed by atoms with Crippen LogP contribution in [0.3, 0.4) is 0 Å². The maximum atomic E-state index is 13.9. The number of carbonyl (C=O) groups is 4. The average Bonchev–Trinajstić information content (AvgIpc) is 2.92. The van der Waals surface area contributed by atoms with Gasteiger partial charge in [-0.1, -0.05) is 26.0 Å². The first-order valence-corrected chi connectivity index (χ1v) is 10.5. The van der Waals surface area contributed by atoms with E-state index in [2.05, 4.69) is 0 Å². The second-order valence-electron chi connectivity index (χ2n) is 8.95. The van der Waals surface area contributed by atoms with Crippen molar-refractivity contribution in [3.8, 4) is 0 Å². The molecule has 7 heteroatoms. The van der Waals surface area contributed by atoms with Crippen molar-refractivity contribution >= 4 is 23.5 Å². The number of imide groups is 1. The van der Waals surface area contributed by atoms with E-state index in [4.69, 9.17) is 0 Å². The van der Waals surface area contributed by atoms with Crippen LogP contribution in [-0.2, 0) is 24.6 Å². The normalized spacial score (nSPS) is 24.6. The highest BCUT2D eigenvalue weighted by atomic mass is 19.1. The van der Waals surface area contributed by atoms with Gasteiger partial charge in [-0.15, -0.1) is 0 Å². The number of hydrogen-bond acceptors (Lipinski definition) is 4. The number of ketones is 1. The van der Waals surface area contributed by atoms with Gasteiger partial charge in [0, 0.05) is 45.3 Å². The molecule has 30 heavy (non-hydrogen) atoms. The van der Waals surface area contributed by atoms with Crippen LogP contribution in [0.4, 0.5) is 4.39 Å². The Bertz CT molecular complexity index is 869. The Morgan fingerprint density at radius 2 is 2.00 bits per heavy atom. The first kappa shape index (κ1) is 22.1. The molecule has 0 aromatic heterocycles. The van der Waals surface area contributed by atoms with Gasteiger partial charge in [-0.3, -0.25) is 24.1 Å². The molecule has 0 bridgehead atoms. The summed E-state index contributed by atoms with van der Waals surface area (Å²) in [4.78, 5) is 53.7. The first-order chi connectivity index (χ1) is 14.1. The third-order valence-electron chi connectivity index (χ3n) is 6.21. The van der Waals surface area contributed by atoms with Crippen LogP contribution in [0.1, 0.15) is 51.5 Å². The quantitative estimate of drug-likeness (QED) is 0.669. The molecule has 0 saturated carbocycles. The third-order valence-corrected chi connectivity index (χ3v) is 6.21. The lowest BCUT2D eigenvalue weighted by atomic mass is 9.75. The van der Waals surface area contributed by atoms with Gasteiger partial charge in [-0.25, -0.2) is 4.39 Å². The number of Topliss-reactive ketones (excluding diaryl/α,β-unsaturated/α-hetero) is 1. The van der Waals surface area contributed by atoms with Crippen LogP contribution >= 0.6 is 0 Å². The van der Waals surface area contributed by atoms with Gasteiger partial charge in [-0.05, 0) is 36.5 Å². The lowest BCUT2D eigenvalue weighted by Crippen LogP contribution is -2.47. The molecule has 0 N–H and O–H groups in total. The van der Waals surface area contributed by atoms with E-state index in [0.29, 0.717) is 25.1 Å². The number of carbonyl (C=O) groups excluding carboxylic acids is 4. The Labute approximate surface area is 176 Å². The molecule has 2 fully saturated rings. The number of rotatable bonds is 6. The lowest BCUT2D eigenvalue weighted by Gasteiger charge is -2.35. The van der Waals surface area contributed by atoms with Crippen molar-refractivity contribution < 1.29 is 23.6 Å². The summed E-state index contributed by atoms with van der Waals surface area (Å²) in [6.45, 7) is 4.83. The van der Waals surface area contributed by atoms with Crippen LogP contribution in [0.15, 0.2) is 24.3 Å². The van der Waals surface area contributed by atoms with Crippen LogP contribution in [0.5, 0.6) is 0 Å². The van der Waals surface area contributed by atoms with Crippen molar-refractivity contribution in [1.82, 2.24) is 9.80 Å². The van der Waals surface area contributed by atoms with Crippen molar-refractivity contribution in [3.63, 3.8) is 0 Å². The standard InChI is InChI=1S/C23H29FN2O4/c1-15(2)10-19(27)16-6-5-9-26(14-16)21(29)13-23(12-20(28)25(3)22(23)30)17-7-4-8-18(24)11-17/h4,7-8,11,15-16H,5-6,9-10,12-14H2,1-3H3/t16-,23-/m1/s1. The summed E-state index contributed by atoms with van der Waals surface area (Å²) in [6.07, 6.45) is 1.58. The Kier molecular flexibility index (Phi) is 6.38. The van der Waals surface area contributed by atoms with Gasteiger partial charge in [0.1, 0.15) is 11.6 Å². The molecule has 1 aromatic carbocycles. The molecule has 2 aliphatic heterocycles. The third kappa shape index (κ3) is 4.30. The van der Waals surface area contributed by atoms with E-state index in [1.165, 1.54) is 25.2 Å². The zero-order valence-corrected chi connectivity index (χ0v) is 17.8. The number of halogens is 1. The molecular weight excluding hydrogens is 387 g/mol. The lowest BCUT2D eigenvalue weighted by molar-refractivity contribution is -0.143. The molecule has 2 atom stereocenters. The number of nitrogens with zero attached hydrogens (tertiary/aromatic N) is 2. The van der Waals surface area contributed by atoms with Gasteiger partial charge in [0.15, 0.2) is 0 Å². The number of likely N-dealkylation sites (tertiary alicyclic amines) is 2. The molecule has 162 valence electrons. The number of benzene rings is 1. The topological polar surface area (TPSA) is 74.8 Å². The Morgan fingerprint density at radius 3 is 2.60 bits per heavy atom. The van der Waals surface area contributed by atoms with Crippen LogP contribution < -0.4 is 0 Å². The molecule has 0 radical (unpaired) electrons. The van der Waals surface area contributed by atoms with E-state index in [0.717, 1.165) is 17.7 Å². The van der Waals surface area contributed by atoms with Crippen molar-refractivity contribution in [2.45, 2.75) is 51.4 Å². The highest BCUT2D eigenvalue weighted by Crippen LogP contribution is 2.40. The number of likely N-dealkylation sites (N-methyl/N-ethyl adjacent to an activating group) is 1. The molecular formula is C23H29FN2O4. The van der Waals surface area contributed by atoms with Crippen LogP contribution in [-0.4, -0.2) is 53.4 Å². The summed E-state index contributed by atoms with van der Waals surface area (Å²) >= 11 is 0. The highest BCUT2D eigenvalue weighted by molar-refractivity contribution is 6.10. The van der Waals surface area contributed by atoms with E-state index < -0.39 is 17.1 Å². The van der Waals surface area contributed by atoms with Crippen molar-refractivity contribution in [1.29, 1.82) is 0 Å². The minimum atomic E-state index is -1.40. The molecule has 1 aromatic rings. The smallest absolute Gasteiger partial charge is 0.240 e. The molecule has 0 spiro atoms. The SMILES string of the molecule is CC(C)CC(=O)[C@@H]1CCCN(C(=O)C[C@@]2(c3cccc(F)c3)CC(=O)N(C)C2=O)C1. The summed E-state index contributed by atoms with van der Waals surface area (Å²) in [5.41, 5.74) is -1.07. The Hall–Kier alpha value is -2.57. The second-order valence-corrected chi connectivity index (χ2v) is 8.95. The Balaban J connectivity index is 1.83. The van der Waals surface area contributed by atoms with Crippen molar-refractivity contribution in [2.75, 3.05) is 20.1 Å².